The Balaban J connectivity index is 2.00. The van der Waals surface area contributed by atoms with Gasteiger partial charge in [-0.05, 0) is 54.5 Å². The summed E-state index contributed by atoms with van der Waals surface area (Å²) in [6.45, 7) is 6.42. The van der Waals surface area contributed by atoms with Gasteiger partial charge >= 0.3 is 5.97 Å². The molecule has 0 aromatic heterocycles. The van der Waals surface area contributed by atoms with E-state index in [0.717, 1.165) is 36.3 Å². The Labute approximate surface area is 168 Å². The Hall–Kier alpha value is -2.49. The highest BCUT2D eigenvalue weighted by Crippen LogP contribution is 2.22. The van der Waals surface area contributed by atoms with Gasteiger partial charge in [0, 0.05) is 6.42 Å². The summed E-state index contributed by atoms with van der Waals surface area (Å²) in [5, 5.41) is 0. The van der Waals surface area contributed by atoms with Crippen molar-refractivity contribution in [1.29, 1.82) is 0 Å². The summed E-state index contributed by atoms with van der Waals surface area (Å²) in [6.07, 6.45) is 2.72. The fraction of sp³-hybridized carbons (Fsp3) is 0.458. The number of benzene rings is 2. The minimum absolute atomic E-state index is 0.180. The standard InChI is InChI=1S/C24H32O4/c1-5-24(25)28-22(15-18(2)3)17-27-23-12-7-6-10-20(23)14-13-19-9-8-11-21(16-19)26-4/h6-12,16,18,22H,5,13-15,17H2,1-4H3. The largest absolute Gasteiger partial charge is 0.497 e. The molecule has 1 unspecified atom stereocenters. The average Bonchev–Trinajstić information content (AvgIpc) is 2.70. The van der Waals surface area contributed by atoms with E-state index < -0.39 is 0 Å². The highest BCUT2D eigenvalue weighted by Gasteiger charge is 2.17. The Morgan fingerprint density at radius 3 is 2.54 bits per heavy atom. The molecule has 152 valence electrons. The van der Waals surface area contributed by atoms with Crippen LogP contribution in [0.15, 0.2) is 48.5 Å². The van der Waals surface area contributed by atoms with Crippen LogP contribution in [0.1, 0.15) is 44.7 Å². The number of methoxy groups -OCH3 is 1. The zero-order chi connectivity index (χ0) is 20.4. The predicted octanol–water partition coefficient (Wildman–Crippen LogP) is 5.23. The van der Waals surface area contributed by atoms with Gasteiger partial charge in [-0.15, -0.1) is 0 Å². The second kappa shape index (κ2) is 11.4. The van der Waals surface area contributed by atoms with Crippen molar-refractivity contribution in [2.24, 2.45) is 5.92 Å². The van der Waals surface area contributed by atoms with Gasteiger partial charge < -0.3 is 14.2 Å². The lowest BCUT2D eigenvalue weighted by atomic mass is 10.0. The molecule has 0 amide bonds. The van der Waals surface area contributed by atoms with Crippen molar-refractivity contribution < 1.29 is 19.0 Å². The van der Waals surface area contributed by atoms with Crippen LogP contribution in [-0.4, -0.2) is 25.8 Å². The lowest BCUT2D eigenvalue weighted by molar-refractivity contribution is -0.151. The maximum Gasteiger partial charge on any atom is 0.305 e. The Kier molecular flexibility index (Phi) is 8.86. The first kappa shape index (κ1) is 21.8. The number of ether oxygens (including phenoxy) is 3. The Morgan fingerprint density at radius 2 is 1.82 bits per heavy atom. The van der Waals surface area contributed by atoms with Crippen LogP contribution in [0, 0.1) is 5.92 Å². The second-order valence-electron chi connectivity index (χ2n) is 7.37. The number of esters is 1. The molecule has 0 heterocycles. The molecule has 2 aromatic carbocycles. The summed E-state index contributed by atoms with van der Waals surface area (Å²) in [4.78, 5) is 11.7. The van der Waals surface area contributed by atoms with Crippen molar-refractivity contribution in [1.82, 2.24) is 0 Å². The fourth-order valence-corrected chi connectivity index (χ4v) is 3.09. The third kappa shape index (κ3) is 7.26. The van der Waals surface area contributed by atoms with Crippen molar-refractivity contribution >= 4 is 5.97 Å². The van der Waals surface area contributed by atoms with Gasteiger partial charge in [-0.3, -0.25) is 4.79 Å². The van der Waals surface area contributed by atoms with Crippen LogP contribution >= 0.6 is 0 Å². The molecule has 0 spiro atoms. The zero-order valence-electron chi connectivity index (χ0n) is 17.4. The van der Waals surface area contributed by atoms with Crippen molar-refractivity contribution in [2.75, 3.05) is 13.7 Å². The predicted molar refractivity (Wildman–Crippen MR) is 112 cm³/mol. The summed E-state index contributed by atoms with van der Waals surface area (Å²) in [5.74, 6) is 1.98. The number of hydrogen-bond acceptors (Lipinski definition) is 4. The number of para-hydroxylation sites is 1. The van der Waals surface area contributed by atoms with Crippen LogP contribution < -0.4 is 9.47 Å². The topological polar surface area (TPSA) is 44.8 Å². The number of carbonyl (C=O) groups excluding carboxylic acids is 1. The van der Waals surface area contributed by atoms with Gasteiger partial charge in [0.2, 0.25) is 0 Å². The maximum atomic E-state index is 11.7. The molecule has 0 aliphatic carbocycles. The molecule has 0 saturated carbocycles. The molecule has 0 radical (unpaired) electrons. The minimum Gasteiger partial charge on any atom is -0.497 e. The van der Waals surface area contributed by atoms with Crippen LogP contribution in [0.4, 0.5) is 0 Å². The monoisotopic (exact) mass is 384 g/mol. The molecule has 0 aliphatic rings. The molecule has 0 aliphatic heterocycles. The maximum absolute atomic E-state index is 11.7. The van der Waals surface area contributed by atoms with Crippen molar-refractivity contribution in [3.63, 3.8) is 0 Å². The molecular weight excluding hydrogens is 352 g/mol. The van der Waals surface area contributed by atoms with Gasteiger partial charge in [-0.2, -0.15) is 0 Å². The number of carbonyl (C=O) groups is 1. The van der Waals surface area contributed by atoms with Gasteiger partial charge in [-0.1, -0.05) is 51.1 Å². The van der Waals surface area contributed by atoms with Gasteiger partial charge in [0.1, 0.15) is 24.2 Å². The van der Waals surface area contributed by atoms with Gasteiger partial charge in [0.25, 0.3) is 0 Å². The molecule has 28 heavy (non-hydrogen) atoms. The molecule has 0 bridgehead atoms. The van der Waals surface area contributed by atoms with E-state index in [1.54, 1.807) is 7.11 Å². The van der Waals surface area contributed by atoms with E-state index in [0.29, 0.717) is 18.9 Å². The first-order valence-electron chi connectivity index (χ1n) is 10.0. The molecule has 0 N–H and O–H groups in total. The molecule has 0 fully saturated rings. The summed E-state index contributed by atoms with van der Waals surface area (Å²) < 4.78 is 16.9. The number of aryl methyl sites for hydroxylation is 2. The first-order chi connectivity index (χ1) is 13.5. The fourth-order valence-electron chi connectivity index (χ4n) is 3.09. The van der Waals surface area contributed by atoms with Crippen LogP contribution in [-0.2, 0) is 22.4 Å². The first-order valence-corrected chi connectivity index (χ1v) is 10.0. The van der Waals surface area contributed by atoms with Crippen LogP contribution in [0.2, 0.25) is 0 Å². The summed E-state index contributed by atoms with van der Waals surface area (Å²) >= 11 is 0. The third-order valence-corrected chi connectivity index (χ3v) is 4.54. The highest BCUT2D eigenvalue weighted by atomic mass is 16.6. The van der Waals surface area contributed by atoms with E-state index in [1.807, 2.05) is 37.3 Å². The number of rotatable bonds is 11. The van der Waals surface area contributed by atoms with Crippen molar-refractivity contribution in [2.45, 2.75) is 52.6 Å². The van der Waals surface area contributed by atoms with E-state index in [2.05, 4.69) is 32.0 Å². The minimum atomic E-state index is -0.223. The third-order valence-electron chi connectivity index (χ3n) is 4.54. The summed E-state index contributed by atoms with van der Waals surface area (Å²) in [5.41, 5.74) is 2.37. The molecule has 1 atom stereocenters. The van der Waals surface area contributed by atoms with E-state index in [1.165, 1.54) is 5.56 Å². The number of hydrogen-bond donors (Lipinski definition) is 0. The van der Waals surface area contributed by atoms with E-state index in [-0.39, 0.29) is 12.1 Å². The summed E-state index contributed by atoms with van der Waals surface area (Å²) in [6, 6.07) is 16.2. The van der Waals surface area contributed by atoms with Crippen LogP contribution in [0.3, 0.4) is 0 Å². The van der Waals surface area contributed by atoms with Crippen LogP contribution in [0.5, 0.6) is 11.5 Å². The smallest absolute Gasteiger partial charge is 0.305 e. The van der Waals surface area contributed by atoms with E-state index >= 15 is 0 Å². The molecule has 0 saturated heterocycles. The van der Waals surface area contributed by atoms with Crippen LogP contribution in [0.25, 0.3) is 0 Å². The molecule has 2 rings (SSSR count). The van der Waals surface area contributed by atoms with Gasteiger partial charge in [0.15, 0.2) is 0 Å². The molecule has 4 heteroatoms. The Morgan fingerprint density at radius 1 is 1.04 bits per heavy atom. The summed E-state index contributed by atoms with van der Waals surface area (Å²) in [7, 11) is 1.68. The Bertz CT molecular complexity index is 739. The average molecular weight is 385 g/mol. The van der Waals surface area contributed by atoms with Crippen molar-refractivity contribution in [3.05, 3.63) is 59.7 Å². The normalized spacial score (nSPS) is 11.9. The zero-order valence-corrected chi connectivity index (χ0v) is 17.4. The SMILES string of the molecule is CCC(=O)OC(COc1ccccc1CCc1cccc(OC)c1)CC(C)C. The van der Waals surface area contributed by atoms with Gasteiger partial charge in [0.05, 0.1) is 7.11 Å². The highest BCUT2D eigenvalue weighted by molar-refractivity contribution is 5.69. The van der Waals surface area contributed by atoms with Gasteiger partial charge in [-0.25, -0.2) is 0 Å². The second-order valence-corrected chi connectivity index (χ2v) is 7.37. The molecule has 2 aromatic rings. The van der Waals surface area contributed by atoms with E-state index in [9.17, 15) is 4.79 Å². The lowest BCUT2D eigenvalue weighted by Crippen LogP contribution is -2.26. The quantitative estimate of drug-likeness (QED) is 0.498. The molecule has 4 nitrogen and oxygen atoms in total. The van der Waals surface area contributed by atoms with Crippen molar-refractivity contribution in [3.8, 4) is 11.5 Å². The van der Waals surface area contributed by atoms with E-state index in [4.69, 9.17) is 14.2 Å². The molecular formula is C24H32O4. The lowest BCUT2D eigenvalue weighted by Gasteiger charge is -2.21.